The maximum Gasteiger partial charge on any atom is 0.328 e. The number of nitrogens with one attached hydrogen (secondary N) is 2. The van der Waals surface area contributed by atoms with Gasteiger partial charge in [0.05, 0.1) is 19.1 Å². The Hall–Kier alpha value is -2.73. The molecule has 0 spiro atoms. The first-order valence-corrected chi connectivity index (χ1v) is 9.76. The standard InChI is InChI=1S/C18H31N5O7/c1-9(2)6-10(19)15(26)21-11(7-14(20)25)17(28)23-5-3-4-13(23)16(27)22-12(8-24)18(29)30/h9-13,24H,3-8,19H2,1-2H3,(H2,20,25)(H,21,26)(H,22,27)(H,29,30). The van der Waals surface area contributed by atoms with E-state index in [1.807, 2.05) is 13.8 Å². The van der Waals surface area contributed by atoms with Crippen LogP contribution in [0.15, 0.2) is 0 Å². The zero-order chi connectivity index (χ0) is 23.0. The van der Waals surface area contributed by atoms with E-state index in [9.17, 15) is 24.0 Å². The monoisotopic (exact) mass is 429 g/mol. The number of amides is 4. The lowest BCUT2D eigenvalue weighted by Crippen LogP contribution is -2.57. The van der Waals surface area contributed by atoms with E-state index >= 15 is 0 Å². The highest BCUT2D eigenvalue weighted by atomic mass is 16.4. The van der Waals surface area contributed by atoms with Crippen LogP contribution in [0.4, 0.5) is 0 Å². The minimum Gasteiger partial charge on any atom is -0.480 e. The molecule has 12 heteroatoms. The molecule has 0 bridgehead atoms. The number of nitrogens with zero attached hydrogens (tertiary/aromatic N) is 1. The third kappa shape index (κ3) is 7.26. The molecule has 4 unspecified atom stereocenters. The number of aliphatic hydroxyl groups excluding tert-OH is 1. The van der Waals surface area contributed by atoms with Crippen LogP contribution in [0.5, 0.6) is 0 Å². The summed E-state index contributed by atoms with van der Waals surface area (Å²) >= 11 is 0. The van der Waals surface area contributed by atoms with Crippen molar-refractivity contribution in [3.05, 3.63) is 0 Å². The fourth-order valence-electron chi connectivity index (χ4n) is 3.25. The van der Waals surface area contributed by atoms with Gasteiger partial charge in [0.15, 0.2) is 0 Å². The molecule has 12 nitrogen and oxygen atoms in total. The third-order valence-electron chi connectivity index (χ3n) is 4.72. The van der Waals surface area contributed by atoms with Crippen molar-refractivity contribution in [1.29, 1.82) is 0 Å². The summed E-state index contributed by atoms with van der Waals surface area (Å²) < 4.78 is 0. The molecule has 8 N–H and O–H groups in total. The molecule has 1 aliphatic heterocycles. The number of hydrogen-bond donors (Lipinski definition) is 6. The van der Waals surface area contributed by atoms with Crippen LogP contribution >= 0.6 is 0 Å². The predicted molar refractivity (Wildman–Crippen MR) is 105 cm³/mol. The summed E-state index contributed by atoms with van der Waals surface area (Å²) in [7, 11) is 0. The molecule has 4 atom stereocenters. The van der Waals surface area contributed by atoms with Gasteiger partial charge in [-0.1, -0.05) is 13.8 Å². The van der Waals surface area contributed by atoms with Gasteiger partial charge in [-0.2, -0.15) is 0 Å². The lowest BCUT2D eigenvalue weighted by Gasteiger charge is -2.29. The zero-order valence-corrected chi connectivity index (χ0v) is 17.2. The Morgan fingerprint density at radius 3 is 2.27 bits per heavy atom. The molecule has 1 rings (SSSR count). The summed E-state index contributed by atoms with van der Waals surface area (Å²) in [5, 5.41) is 22.7. The van der Waals surface area contributed by atoms with Crippen molar-refractivity contribution in [3.63, 3.8) is 0 Å². The molecule has 0 radical (unpaired) electrons. The van der Waals surface area contributed by atoms with Crippen LogP contribution in [0.1, 0.15) is 39.5 Å². The number of primary amides is 1. The van der Waals surface area contributed by atoms with Gasteiger partial charge >= 0.3 is 5.97 Å². The molecule has 0 aromatic carbocycles. The van der Waals surface area contributed by atoms with Crippen molar-refractivity contribution in [2.45, 2.75) is 63.7 Å². The Kier molecular flexibility index (Phi) is 9.66. The molecule has 0 aromatic heterocycles. The lowest BCUT2D eigenvalue weighted by atomic mass is 10.0. The fraction of sp³-hybridized carbons (Fsp3) is 0.722. The van der Waals surface area contributed by atoms with E-state index in [-0.39, 0.29) is 18.9 Å². The Morgan fingerprint density at radius 1 is 1.13 bits per heavy atom. The molecular weight excluding hydrogens is 398 g/mol. The molecule has 170 valence electrons. The van der Waals surface area contributed by atoms with E-state index in [1.165, 1.54) is 4.90 Å². The number of carbonyl (C=O) groups excluding carboxylic acids is 4. The quantitative estimate of drug-likeness (QED) is 0.203. The Balaban J connectivity index is 2.93. The molecule has 1 fully saturated rings. The average Bonchev–Trinajstić information content (AvgIpc) is 3.13. The molecule has 0 aliphatic carbocycles. The third-order valence-corrected chi connectivity index (χ3v) is 4.72. The predicted octanol–water partition coefficient (Wildman–Crippen LogP) is -2.73. The summed E-state index contributed by atoms with van der Waals surface area (Å²) in [5.74, 6) is -4.15. The van der Waals surface area contributed by atoms with Crippen molar-refractivity contribution in [1.82, 2.24) is 15.5 Å². The van der Waals surface area contributed by atoms with E-state index in [2.05, 4.69) is 10.6 Å². The Bertz CT molecular complexity index is 669. The average molecular weight is 429 g/mol. The number of carboxylic acids is 1. The maximum absolute atomic E-state index is 13.0. The number of carboxylic acid groups (broad SMARTS) is 1. The molecular formula is C18H31N5O7. The highest BCUT2D eigenvalue weighted by Crippen LogP contribution is 2.19. The highest BCUT2D eigenvalue weighted by molar-refractivity contribution is 5.96. The van der Waals surface area contributed by atoms with E-state index < -0.39 is 66.8 Å². The van der Waals surface area contributed by atoms with Crippen LogP contribution in [-0.2, 0) is 24.0 Å². The van der Waals surface area contributed by atoms with Crippen LogP contribution in [-0.4, -0.2) is 82.0 Å². The van der Waals surface area contributed by atoms with Gasteiger partial charge in [-0.15, -0.1) is 0 Å². The van der Waals surface area contributed by atoms with E-state index in [0.717, 1.165) is 0 Å². The van der Waals surface area contributed by atoms with Crippen molar-refractivity contribution in [3.8, 4) is 0 Å². The molecule has 1 saturated heterocycles. The first kappa shape index (κ1) is 25.3. The number of aliphatic carboxylic acids is 1. The SMILES string of the molecule is CC(C)CC(N)C(=O)NC(CC(N)=O)C(=O)N1CCCC1C(=O)NC(CO)C(=O)O. The summed E-state index contributed by atoms with van der Waals surface area (Å²) in [6.07, 6.45) is 0.623. The number of carbonyl (C=O) groups is 5. The van der Waals surface area contributed by atoms with E-state index in [0.29, 0.717) is 12.8 Å². The second-order valence-electron chi connectivity index (χ2n) is 7.74. The van der Waals surface area contributed by atoms with Crippen LogP contribution in [0.3, 0.4) is 0 Å². The molecule has 30 heavy (non-hydrogen) atoms. The van der Waals surface area contributed by atoms with Crippen molar-refractivity contribution in [2.75, 3.05) is 13.2 Å². The normalized spacial score (nSPS) is 19.1. The van der Waals surface area contributed by atoms with Gasteiger partial charge in [0.2, 0.25) is 23.6 Å². The summed E-state index contributed by atoms with van der Waals surface area (Å²) in [6.45, 7) is 3.12. The Morgan fingerprint density at radius 2 is 1.77 bits per heavy atom. The first-order chi connectivity index (χ1) is 14.0. The second-order valence-corrected chi connectivity index (χ2v) is 7.74. The van der Waals surface area contributed by atoms with Gasteiger partial charge < -0.3 is 37.2 Å². The number of hydrogen-bond acceptors (Lipinski definition) is 7. The molecule has 0 saturated carbocycles. The van der Waals surface area contributed by atoms with Crippen molar-refractivity contribution < 1.29 is 34.2 Å². The topological polar surface area (TPSA) is 205 Å². The first-order valence-electron chi connectivity index (χ1n) is 9.76. The van der Waals surface area contributed by atoms with Crippen molar-refractivity contribution in [2.24, 2.45) is 17.4 Å². The summed E-state index contributed by atoms with van der Waals surface area (Å²) in [6, 6.07) is -4.69. The van der Waals surface area contributed by atoms with E-state index in [1.54, 1.807) is 0 Å². The number of nitrogens with two attached hydrogens (primary N) is 2. The van der Waals surface area contributed by atoms with Crippen LogP contribution in [0.2, 0.25) is 0 Å². The van der Waals surface area contributed by atoms with Crippen LogP contribution in [0, 0.1) is 5.92 Å². The lowest BCUT2D eigenvalue weighted by molar-refractivity contribution is -0.146. The van der Waals surface area contributed by atoms with Gasteiger partial charge in [0.25, 0.3) is 0 Å². The van der Waals surface area contributed by atoms with Gasteiger partial charge in [0, 0.05) is 6.54 Å². The van der Waals surface area contributed by atoms with Crippen LogP contribution < -0.4 is 22.1 Å². The van der Waals surface area contributed by atoms with Gasteiger partial charge in [-0.3, -0.25) is 19.2 Å². The minimum atomic E-state index is -1.51. The largest absolute Gasteiger partial charge is 0.480 e. The molecule has 4 amide bonds. The number of rotatable bonds is 11. The highest BCUT2D eigenvalue weighted by Gasteiger charge is 2.39. The Labute approximate surface area is 174 Å². The summed E-state index contributed by atoms with van der Waals surface area (Å²) in [4.78, 5) is 61.4. The second kappa shape index (κ2) is 11.5. The zero-order valence-electron chi connectivity index (χ0n) is 17.2. The number of aliphatic hydroxyl groups is 1. The minimum absolute atomic E-state index is 0.136. The van der Waals surface area contributed by atoms with Gasteiger partial charge in [-0.05, 0) is 25.2 Å². The fourth-order valence-corrected chi connectivity index (χ4v) is 3.25. The summed E-state index contributed by atoms with van der Waals surface area (Å²) in [5.41, 5.74) is 11.0. The van der Waals surface area contributed by atoms with Gasteiger partial charge in [0.1, 0.15) is 18.1 Å². The van der Waals surface area contributed by atoms with Crippen LogP contribution in [0.25, 0.3) is 0 Å². The molecule has 1 aliphatic rings. The maximum atomic E-state index is 13.0. The molecule has 1 heterocycles. The van der Waals surface area contributed by atoms with E-state index in [4.69, 9.17) is 21.7 Å². The smallest absolute Gasteiger partial charge is 0.328 e. The molecule has 0 aromatic rings. The number of likely N-dealkylation sites (tertiary alicyclic amines) is 1. The van der Waals surface area contributed by atoms with Crippen molar-refractivity contribution >= 4 is 29.6 Å². The van der Waals surface area contributed by atoms with Gasteiger partial charge in [-0.25, -0.2) is 4.79 Å².